The van der Waals surface area contributed by atoms with Crippen molar-refractivity contribution in [2.24, 2.45) is 5.92 Å². The molecule has 0 saturated heterocycles. The third-order valence-corrected chi connectivity index (χ3v) is 5.43. The largest absolute Gasteiger partial charge is 0.396 e. The summed E-state index contributed by atoms with van der Waals surface area (Å²) in [4.78, 5) is 0. The number of aliphatic hydroxyl groups excluding tert-OH is 1. The Hall–Kier alpha value is -1.25. The van der Waals surface area contributed by atoms with Gasteiger partial charge in [-0.05, 0) is 22.3 Å². The summed E-state index contributed by atoms with van der Waals surface area (Å²) >= 11 is 4.83. The fraction of sp³-hybridized carbons (Fsp3) is 0.294. The first-order valence-corrected chi connectivity index (χ1v) is 7.31. The summed E-state index contributed by atoms with van der Waals surface area (Å²) < 4.78 is 0. The van der Waals surface area contributed by atoms with Crippen LogP contribution in [0.15, 0.2) is 48.5 Å². The highest BCUT2D eigenvalue weighted by Gasteiger charge is 2.47. The van der Waals surface area contributed by atoms with E-state index in [0.29, 0.717) is 11.8 Å². The highest BCUT2D eigenvalue weighted by molar-refractivity contribution is 7.81. The van der Waals surface area contributed by atoms with E-state index in [0.717, 1.165) is 0 Å². The Balaban J connectivity index is 2.03. The molecule has 0 heterocycles. The van der Waals surface area contributed by atoms with Crippen molar-refractivity contribution in [1.82, 2.24) is 0 Å². The first kappa shape index (κ1) is 11.6. The van der Waals surface area contributed by atoms with Gasteiger partial charge in [-0.25, -0.2) is 0 Å². The minimum atomic E-state index is 0.206. The van der Waals surface area contributed by atoms with Gasteiger partial charge in [-0.2, -0.15) is 12.6 Å². The number of fused-ring (bicyclic) bond motifs is 1. The van der Waals surface area contributed by atoms with E-state index in [9.17, 15) is 5.11 Å². The Labute approximate surface area is 118 Å². The van der Waals surface area contributed by atoms with E-state index in [1.807, 2.05) is 0 Å². The van der Waals surface area contributed by atoms with Gasteiger partial charge in [-0.1, -0.05) is 48.5 Å². The molecule has 2 aromatic rings. The molecule has 0 unspecified atom stereocenters. The van der Waals surface area contributed by atoms with Crippen LogP contribution in [-0.2, 0) is 0 Å². The maximum Gasteiger partial charge on any atom is 0.0479 e. The third-order valence-electron chi connectivity index (χ3n) is 4.75. The molecule has 2 heteroatoms. The molecule has 1 nitrogen and oxygen atoms in total. The maximum absolute atomic E-state index is 9.79. The number of benzene rings is 2. The van der Waals surface area contributed by atoms with Crippen molar-refractivity contribution < 1.29 is 5.11 Å². The first-order chi connectivity index (χ1) is 9.33. The standard InChI is InChI=1S/C17H16OS/c18-9-14-15-10-5-1-3-7-12(10)16(17(14)19)13-8-4-2-6-11(13)15/h1-8,14-19H,9H2/t14-,15?,16?,17+/m0/s1. The summed E-state index contributed by atoms with van der Waals surface area (Å²) in [6.07, 6.45) is 0. The fourth-order valence-corrected chi connectivity index (χ4v) is 4.56. The quantitative estimate of drug-likeness (QED) is 0.761. The van der Waals surface area contributed by atoms with E-state index < -0.39 is 0 Å². The molecule has 0 radical (unpaired) electrons. The Morgan fingerprint density at radius 3 is 1.63 bits per heavy atom. The maximum atomic E-state index is 9.79. The molecule has 2 aromatic carbocycles. The number of thiol groups is 1. The third kappa shape index (κ3) is 1.41. The average molecular weight is 268 g/mol. The van der Waals surface area contributed by atoms with Crippen LogP contribution in [0.2, 0.25) is 0 Å². The summed E-state index contributed by atoms with van der Waals surface area (Å²) in [5.74, 6) is 0.834. The molecule has 0 aromatic heterocycles. The Morgan fingerprint density at radius 2 is 1.21 bits per heavy atom. The van der Waals surface area contributed by atoms with Crippen LogP contribution in [0.25, 0.3) is 0 Å². The van der Waals surface area contributed by atoms with Crippen LogP contribution < -0.4 is 0 Å². The smallest absolute Gasteiger partial charge is 0.0479 e. The normalized spacial score (nSPS) is 30.8. The van der Waals surface area contributed by atoms with Gasteiger partial charge in [0.1, 0.15) is 0 Å². The SMILES string of the molecule is OC[C@H]1C2c3ccccc3C(c3ccccc32)[C@@H]1S. The van der Waals surface area contributed by atoms with Gasteiger partial charge in [-0.15, -0.1) is 0 Å². The first-order valence-electron chi connectivity index (χ1n) is 6.79. The van der Waals surface area contributed by atoms with Crippen molar-refractivity contribution in [3.63, 3.8) is 0 Å². The summed E-state index contributed by atoms with van der Waals surface area (Å²) in [6, 6.07) is 17.3. The van der Waals surface area contributed by atoms with Crippen molar-refractivity contribution in [3.8, 4) is 0 Å². The molecule has 1 N–H and O–H groups in total. The number of hydrogen-bond donors (Lipinski definition) is 2. The van der Waals surface area contributed by atoms with Crippen LogP contribution in [-0.4, -0.2) is 17.0 Å². The predicted octanol–water partition coefficient (Wildman–Crippen LogP) is 3.18. The van der Waals surface area contributed by atoms with Crippen molar-refractivity contribution in [3.05, 3.63) is 70.8 Å². The number of hydrogen-bond acceptors (Lipinski definition) is 2. The summed E-state index contributed by atoms with van der Waals surface area (Å²) in [7, 11) is 0. The second-order valence-corrected chi connectivity index (χ2v) is 6.15. The molecular weight excluding hydrogens is 252 g/mol. The summed E-state index contributed by atoms with van der Waals surface area (Å²) in [5.41, 5.74) is 5.57. The molecule has 5 rings (SSSR count). The minimum Gasteiger partial charge on any atom is -0.396 e. The van der Waals surface area contributed by atoms with Gasteiger partial charge < -0.3 is 5.11 Å². The molecule has 2 bridgehead atoms. The molecule has 19 heavy (non-hydrogen) atoms. The Kier molecular flexibility index (Phi) is 2.51. The molecule has 96 valence electrons. The molecule has 0 spiro atoms. The zero-order valence-electron chi connectivity index (χ0n) is 10.5. The van der Waals surface area contributed by atoms with Gasteiger partial charge in [-0.3, -0.25) is 0 Å². The van der Waals surface area contributed by atoms with Gasteiger partial charge >= 0.3 is 0 Å². The zero-order chi connectivity index (χ0) is 13.0. The molecule has 0 fully saturated rings. The highest BCUT2D eigenvalue weighted by atomic mass is 32.1. The van der Waals surface area contributed by atoms with E-state index in [1.54, 1.807) is 0 Å². The van der Waals surface area contributed by atoms with Crippen LogP contribution >= 0.6 is 12.6 Å². The molecule has 2 atom stereocenters. The lowest BCUT2D eigenvalue weighted by Crippen LogP contribution is -2.42. The average Bonchev–Trinajstić information content (AvgIpc) is 2.47. The van der Waals surface area contributed by atoms with Crippen LogP contribution in [0, 0.1) is 5.92 Å². The van der Waals surface area contributed by atoms with Crippen molar-refractivity contribution in [2.75, 3.05) is 6.61 Å². The van der Waals surface area contributed by atoms with E-state index in [1.165, 1.54) is 22.3 Å². The molecule has 3 aliphatic carbocycles. The van der Waals surface area contributed by atoms with Gasteiger partial charge in [0.25, 0.3) is 0 Å². The topological polar surface area (TPSA) is 20.2 Å². The van der Waals surface area contributed by atoms with Gasteiger partial charge in [0.05, 0.1) is 0 Å². The monoisotopic (exact) mass is 268 g/mol. The molecule has 0 saturated carbocycles. The highest BCUT2D eigenvalue weighted by Crippen LogP contribution is 2.56. The lowest BCUT2D eigenvalue weighted by molar-refractivity contribution is 0.192. The van der Waals surface area contributed by atoms with Gasteiger partial charge in [0.2, 0.25) is 0 Å². The number of rotatable bonds is 1. The number of aliphatic hydroxyl groups is 1. The van der Waals surface area contributed by atoms with Crippen LogP contribution in [0.4, 0.5) is 0 Å². The summed E-state index contributed by atoms with van der Waals surface area (Å²) in [6.45, 7) is 0.206. The van der Waals surface area contributed by atoms with Crippen molar-refractivity contribution in [1.29, 1.82) is 0 Å². The van der Waals surface area contributed by atoms with Crippen LogP contribution in [0.3, 0.4) is 0 Å². The second-order valence-electron chi connectivity index (χ2n) is 5.55. The molecule has 0 aliphatic heterocycles. The Bertz CT molecular complexity index is 589. The van der Waals surface area contributed by atoms with E-state index in [-0.39, 0.29) is 17.8 Å². The van der Waals surface area contributed by atoms with Crippen LogP contribution in [0.5, 0.6) is 0 Å². The van der Waals surface area contributed by atoms with E-state index in [4.69, 9.17) is 12.6 Å². The zero-order valence-corrected chi connectivity index (χ0v) is 11.4. The van der Waals surface area contributed by atoms with Gasteiger partial charge in [0.15, 0.2) is 0 Å². The van der Waals surface area contributed by atoms with Crippen molar-refractivity contribution in [2.45, 2.75) is 17.1 Å². The molecule has 0 amide bonds. The molecule has 3 aliphatic rings. The minimum absolute atomic E-state index is 0.206. The van der Waals surface area contributed by atoms with Crippen LogP contribution in [0.1, 0.15) is 34.1 Å². The lowest BCUT2D eigenvalue weighted by atomic mass is 9.59. The Morgan fingerprint density at radius 1 is 0.789 bits per heavy atom. The van der Waals surface area contributed by atoms with E-state index >= 15 is 0 Å². The van der Waals surface area contributed by atoms with E-state index in [2.05, 4.69) is 48.5 Å². The van der Waals surface area contributed by atoms with Crippen molar-refractivity contribution >= 4 is 12.6 Å². The predicted molar refractivity (Wildman–Crippen MR) is 79.9 cm³/mol. The lowest BCUT2D eigenvalue weighted by Gasteiger charge is -2.48. The molecular formula is C17H16OS. The summed E-state index contributed by atoms with van der Waals surface area (Å²) in [5, 5.41) is 9.99. The van der Waals surface area contributed by atoms with Gasteiger partial charge in [0, 0.05) is 29.6 Å². The second kappa shape index (κ2) is 4.12. The fourth-order valence-electron chi connectivity index (χ4n) is 3.98.